The molecule has 6 heteroatoms. The lowest BCUT2D eigenvalue weighted by molar-refractivity contribution is 0.395. The van der Waals surface area contributed by atoms with Gasteiger partial charge in [-0.3, -0.25) is 4.68 Å². The van der Waals surface area contributed by atoms with Gasteiger partial charge < -0.3 is 10.5 Å². The molecule has 1 unspecified atom stereocenters. The van der Waals surface area contributed by atoms with Crippen LogP contribution in [0.4, 0.5) is 0 Å². The molecule has 0 amide bonds. The van der Waals surface area contributed by atoms with Crippen LogP contribution in [-0.2, 0) is 6.54 Å². The van der Waals surface area contributed by atoms with Crippen molar-refractivity contribution in [1.29, 1.82) is 0 Å². The van der Waals surface area contributed by atoms with Gasteiger partial charge >= 0.3 is 0 Å². The number of aryl methyl sites for hydroxylation is 1. The maximum atomic E-state index is 6.21. The van der Waals surface area contributed by atoms with Crippen molar-refractivity contribution in [3.8, 4) is 5.88 Å². The van der Waals surface area contributed by atoms with E-state index in [1.54, 1.807) is 19.4 Å². The fraction of sp³-hybridized carbons (Fsp3) is 0.417. The zero-order chi connectivity index (χ0) is 13.0. The first-order valence-corrected chi connectivity index (χ1v) is 5.89. The van der Waals surface area contributed by atoms with Crippen molar-refractivity contribution in [2.45, 2.75) is 25.9 Å². The Hall–Kier alpha value is -1.95. The number of aromatic nitrogens is 4. The third-order valence-electron chi connectivity index (χ3n) is 2.69. The number of ether oxygens (including phenoxy) is 1. The van der Waals surface area contributed by atoms with Crippen molar-refractivity contribution in [1.82, 2.24) is 19.7 Å². The average molecular weight is 247 g/mol. The van der Waals surface area contributed by atoms with Crippen LogP contribution < -0.4 is 10.5 Å². The molecule has 96 valence electrons. The van der Waals surface area contributed by atoms with Gasteiger partial charge in [-0.15, -0.1) is 0 Å². The van der Waals surface area contributed by atoms with Gasteiger partial charge in [0.1, 0.15) is 6.33 Å². The van der Waals surface area contributed by atoms with Gasteiger partial charge in [0.05, 0.1) is 24.5 Å². The molecule has 0 bridgehead atoms. The van der Waals surface area contributed by atoms with Crippen LogP contribution in [0.25, 0.3) is 0 Å². The van der Waals surface area contributed by atoms with Gasteiger partial charge in [0.2, 0.25) is 5.88 Å². The first kappa shape index (κ1) is 12.5. The molecule has 1 atom stereocenters. The topological polar surface area (TPSA) is 78.9 Å². The van der Waals surface area contributed by atoms with Gasteiger partial charge in [0.15, 0.2) is 0 Å². The second kappa shape index (κ2) is 5.59. The highest BCUT2D eigenvalue weighted by atomic mass is 16.5. The molecule has 0 fully saturated rings. The minimum Gasteiger partial charge on any atom is -0.481 e. The first-order chi connectivity index (χ1) is 8.76. The monoisotopic (exact) mass is 247 g/mol. The van der Waals surface area contributed by atoms with E-state index in [0.717, 1.165) is 24.4 Å². The Bertz CT molecular complexity index is 511. The van der Waals surface area contributed by atoms with E-state index < -0.39 is 0 Å². The highest BCUT2D eigenvalue weighted by Gasteiger charge is 2.15. The van der Waals surface area contributed by atoms with E-state index >= 15 is 0 Å². The summed E-state index contributed by atoms with van der Waals surface area (Å²) in [5.41, 5.74) is 7.87. The first-order valence-electron chi connectivity index (χ1n) is 5.89. The highest BCUT2D eigenvalue weighted by molar-refractivity contribution is 5.24. The molecule has 18 heavy (non-hydrogen) atoms. The minimum atomic E-state index is -0.323. The predicted molar refractivity (Wildman–Crippen MR) is 67.1 cm³/mol. The molecule has 0 aliphatic carbocycles. The van der Waals surface area contributed by atoms with Gasteiger partial charge in [-0.2, -0.15) is 5.10 Å². The van der Waals surface area contributed by atoms with Crippen molar-refractivity contribution >= 4 is 0 Å². The second-order valence-electron chi connectivity index (χ2n) is 3.94. The van der Waals surface area contributed by atoms with E-state index in [-0.39, 0.29) is 6.04 Å². The Balaban J connectivity index is 2.29. The van der Waals surface area contributed by atoms with E-state index in [9.17, 15) is 0 Å². The fourth-order valence-electron chi connectivity index (χ4n) is 1.79. The molecular formula is C12H17N5O. The average Bonchev–Trinajstić information content (AvgIpc) is 2.86. The number of nitrogens with zero attached hydrogens (tertiary/aromatic N) is 4. The Labute approximate surface area is 106 Å². The summed E-state index contributed by atoms with van der Waals surface area (Å²) in [5, 5.41) is 4.26. The third-order valence-corrected chi connectivity index (χ3v) is 2.69. The standard InChI is InChI=1S/C12H17N5O/c1-3-6-17-10(4-5-16-17)12(13)9-7-11(18-2)15-8-14-9/h4-5,7-8,12H,3,6,13H2,1-2H3. The van der Waals surface area contributed by atoms with E-state index in [0.29, 0.717) is 5.88 Å². The third kappa shape index (κ3) is 2.48. The molecule has 0 aliphatic rings. The number of methoxy groups -OCH3 is 1. The molecule has 2 aromatic rings. The lowest BCUT2D eigenvalue weighted by Crippen LogP contribution is -2.19. The molecule has 0 aromatic carbocycles. The lowest BCUT2D eigenvalue weighted by atomic mass is 10.1. The molecule has 2 aromatic heterocycles. The number of rotatable bonds is 5. The van der Waals surface area contributed by atoms with E-state index in [1.807, 2.05) is 10.7 Å². The van der Waals surface area contributed by atoms with Crippen LogP contribution in [0.3, 0.4) is 0 Å². The molecule has 2 rings (SSSR count). The van der Waals surface area contributed by atoms with Crippen LogP contribution in [0.15, 0.2) is 24.7 Å². The number of hydrogen-bond acceptors (Lipinski definition) is 5. The minimum absolute atomic E-state index is 0.323. The van der Waals surface area contributed by atoms with E-state index in [4.69, 9.17) is 10.5 Å². The van der Waals surface area contributed by atoms with Crippen molar-refractivity contribution in [3.63, 3.8) is 0 Å². The van der Waals surface area contributed by atoms with Gasteiger partial charge in [-0.05, 0) is 12.5 Å². The molecular weight excluding hydrogens is 230 g/mol. The second-order valence-corrected chi connectivity index (χ2v) is 3.94. The summed E-state index contributed by atoms with van der Waals surface area (Å²) in [7, 11) is 1.57. The van der Waals surface area contributed by atoms with Crippen molar-refractivity contribution in [3.05, 3.63) is 36.0 Å². The van der Waals surface area contributed by atoms with Crippen LogP contribution in [0.1, 0.15) is 30.8 Å². The summed E-state index contributed by atoms with van der Waals surface area (Å²) < 4.78 is 6.97. The molecule has 0 spiro atoms. The molecule has 2 heterocycles. The van der Waals surface area contributed by atoms with Crippen LogP contribution in [0.5, 0.6) is 5.88 Å². The van der Waals surface area contributed by atoms with E-state index in [2.05, 4.69) is 22.0 Å². The quantitative estimate of drug-likeness (QED) is 0.857. The molecule has 2 N–H and O–H groups in total. The fourth-order valence-corrected chi connectivity index (χ4v) is 1.79. The maximum absolute atomic E-state index is 6.21. The predicted octanol–water partition coefficient (Wildman–Crippen LogP) is 1.14. The van der Waals surface area contributed by atoms with Crippen LogP contribution in [-0.4, -0.2) is 26.9 Å². The molecule has 0 saturated heterocycles. The summed E-state index contributed by atoms with van der Waals surface area (Å²) in [6, 6.07) is 3.33. The molecule has 0 saturated carbocycles. The highest BCUT2D eigenvalue weighted by Crippen LogP contribution is 2.19. The van der Waals surface area contributed by atoms with Gasteiger partial charge in [0, 0.05) is 18.8 Å². The lowest BCUT2D eigenvalue weighted by Gasteiger charge is -2.13. The summed E-state index contributed by atoms with van der Waals surface area (Å²) in [5.74, 6) is 0.511. The van der Waals surface area contributed by atoms with Crippen molar-refractivity contribution < 1.29 is 4.74 Å². The van der Waals surface area contributed by atoms with Crippen molar-refractivity contribution in [2.75, 3.05) is 7.11 Å². The SMILES string of the molecule is CCCn1nccc1C(N)c1cc(OC)ncn1. The maximum Gasteiger partial charge on any atom is 0.216 e. The van der Waals surface area contributed by atoms with Crippen LogP contribution in [0, 0.1) is 0 Å². The summed E-state index contributed by atoms with van der Waals surface area (Å²) >= 11 is 0. The largest absolute Gasteiger partial charge is 0.481 e. The smallest absolute Gasteiger partial charge is 0.216 e. The molecule has 0 aliphatic heterocycles. The Morgan fingerprint density at radius 1 is 1.44 bits per heavy atom. The zero-order valence-electron chi connectivity index (χ0n) is 10.6. The normalized spacial score (nSPS) is 12.4. The van der Waals surface area contributed by atoms with Crippen molar-refractivity contribution in [2.24, 2.45) is 5.73 Å². The number of hydrogen-bond donors (Lipinski definition) is 1. The summed E-state index contributed by atoms with van der Waals surface area (Å²) in [4.78, 5) is 8.16. The van der Waals surface area contributed by atoms with Crippen LogP contribution >= 0.6 is 0 Å². The molecule has 6 nitrogen and oxygen atoms in total. The van der Waals surface area contributed by atoms with Gasteiger partial charge in [-0.1, -0.05) is 6.92 Å². The Morgan fingerprint density at radius 2 is 2.28 bits per heavy atom. The Kier molecular flexibility index (Phi) is 3.88. The summed E-state index contributed by atoms with van der Waals surface area (Å²) in [6.45, 7) is 2.95. The Morgan fingerprint density at radius 3 is 3.00 bits per heavy atom. The van der Waals surface area contributed by atoms with Gasteiger partial charge in [-0.25, -0.2) is 9.97 Å². The summed E-state index contributed by atoms with van der Waals surface area (Å²) in [6.07, 6.45) is 4.21. The van der Waals surface area contributed by atoms with Crippen LogP contribution in [0.2, 0.25) is 0 Å². The van der Waals surface area contributed by atoms with E-state index in [1.165, 1.54) is 6.33 Å². The molecule has 0 radical (unpaired) electrons. The number of nitrogens with two attached hydrogens (primary N) is 1. The van der Waals surface area contributed by atoms with Gasteiger partial charge in [0.25, 0.3) is 0 Å². The zero-order valence-corrected chi connectivity index (χ0v) is 10.6.